The predicted molar refractivity (Wildman–Crippen MR) is 131 cm³/mol. The van der Waals surface area contributed by atoms with E-state index in [1.54, 1.807) is 0 Å². The van der Waals surface area contributed by atoms with Crippen LogP contribution < -0.4 is 16.4 Å². The van der Waals surface area contributed by atoms with Crippen molar-refractivity contribution in [1.29, 1.82) is 0 Å². The van der Waals surface area contributed by atoms with Crippen molar-refractivity contribution in [2.45, 2.75) is 51.9 Å². The topological polar surface area (TPSA) is 9.23 Å². The SMILES string of the molecule is CC(C)(C)P(O[B-](c1c(F)c(F)c(F)c(F)c1F)(c1c(F)c(F)c(F)c(F)c1F)c1c(F)c(F)c(F)c(F)c1F)C(C)(C)C. The average Bonchev–Trinajstić information content (AvgIpc) is 2.92. The van der Waals surface area contributed by atoms with Gasteiger partial charge in [-0.3, -0.25) is 0 Å². The van der Waals surface area contributed by atoms with Crippen molar-refractivity contribution in [2.24, 2.45) is 0 Å². The van der Waals surface area contributed by atoms with Crippen LogP contribution in [-0.2, 0) is 4.44 Å². The highest BCUT2D eigenvalue weighted by atomic mass is 31.1. The highest BCUT2D eigenvalue weighted by molar-refractivity contribution is 7.58. The lowest BCUT2D eigenvalue weighted by Crippen LogP contribution is -2.75. The Balaban J connectivity index is 2.98. The van der Waals surface area contributed by atoms with Crippen LogP contribution in [0.2, 0.25) is 0 Å². The Kier molecular flexibility index (Phi) is 9.25. The Labute approximate surface area is 240 Å². The molecule has 0 heterocycles. The molecule has 0 aliphatic carbocycles. The van der Waals surface area contributed by atoms with E-state index >= 15 is 26.3 Å². The first-order chi connectivity index (χ1) is 19.9. The second-order valence-electron chi connectivity index (χ2n) is 11.5. The van der Waals surface area contributed by atoms with Crippen LogP contribution in [0.4, 0.5) is 65.9 Å². The first kappa shape index (κ1) is 35.5. The number of hydrogen-bond acceptors (Lipinski definition) is 1. The standard InChI is InChI=1S/C26H18BF15OP/c1-25(2,3)44(26(4,5)6)43-27(7-10(28)16(34)22(40)17(35)11(7)29,8-12(30)18(36)23(41)19(37)13(8)31)9-14(32)20(38)24(42)21(39)15(9)33/h1-6H3/q-1. The minimum absolute atomic E-state index is 1.21. The third-order valence-corrected chi connectivity index (χ3v) is 9.40. The molecule has 0 radical (unpaired) electrons. The van der Waals surface area contributed by atoms with E-state index < -0.39 is 128 Å². The first-order valence-electron chi connectivity index (χ1n) is 12.1. The molecule has 3 aromatic rings. The zero-order chi connectivity index (χ0) is 34.2. The summed E-state index contributed by atoms with van der Waals surface area (Å²) in [5, 5.41) is -3.09. The van der Waals surface area contributed by atoms with E-state index in [-0.39, 0.29) is 0 Å². The Hall–Kier alpha value is -2.94. The molecule has 0 aromatic heterocycles. The van der Waals surface area contributed by atoms with Crippen LogP contribution in [0.1, 0.15) is 41.5 Å². The Bertz CT molecular complexity index is 1410. The van der Waals surface area contributed by atoms with Gasteiger partial charge < -0.3 is 4.44 Å². The highest BCUT2D eigenvalue weighted by Crippen LogP contribution is 2.61. The van der Waals surface area contributed by atoms with Crippen molar-refractivity contribution in [2.75, 3.05) is 0 Å². The predicted octanol–water partition coefficient (Wildman–Crippen LogP) is 7.75. The summed E-state index contributed by atoms with van der Waals surface area (Å²) in [6.07, 6.45) is -6.07. The van der Waals surface area contributed by atoms with E-state index in [4.69, 9.17) is 4.44 Å². The maximum absolute atomic E-state index is 15.6. The molecule has 0 fully saturated rings. The van der Waals surface area contributed by atoms with Crippen LogP contribution in [0.25, 0.3) is 0 Å². The quantitative estimate of drug-likeness (QED) is 0.0886. The van der Waals surface area contributed by atoms with Gasteiger partial charge in [-0.25, -0.2) is 65.9 Å². The normalized spacial score (nSPS) is 13.0. The van der Waals surface area contributed by atoms with Crippen molar-refractivity contribution in [3.8, 4) is 0 Å². The zero-order valence-electron chi connectivity index (χ0n) is 23.1. The monoisotopic (exact) mass is 673 g/mol. The molecule has 0 aliphatic rings. The van der Waals surface area contributed by atoms with Crippen LogP contribution in [0, 0.1) is 87.3 Å². The van der Waals surface area contributed by atoms with Gasteiger partial charge in [-0.2, -0.15) is 0 Å². The van der Waals surface area contributed by atoms with Gasteiger partial charge in [0.15, 0.2) is 52.4 Å². The molecule has 0 saturated heterocycles. The van der Waals surface area contributed by atoms with Crippen molar-refractivity contribution in [1.82, 2.24) is 0 Å². The summed E-state index contributed by atoms with van der Waals surface area (Å²) in [5.41, 5.74) is -8.35. The molecule has 0 spiro atoms. The van der Waals surface area contributed by atoms with E-state index in [0.29, 0.717) is 0 Å². The van der Waals surface area contributed by atoms with Crippen molar-refractivity contribution in [3.05, 3.63) is 87.3 Å². The molecule has 18 heteroatoms. The van der Waals surface area contributed by atoms with Gasteiger partial charge in [0, 0.05) is 10.3 Å². The molecular formula is C26H18BF15OP-. The molecule has 1 nitrogen and oxygen atoms in total. The molecule has 242 valence electrons. The molecule has 3 rings (SSSR count). The summed E-state index contributed by atoms with van der Waals surface area (Å²) in [6.45, 7) is 7.25. The lowest BCUT2D eigenvalue weighted by Gasteiger charge is -2.53. The summed E-state index contributed by atoms with van der Waals surface area (Å²) in [7, 11) is -2.94. The van der Waals surface area contributed by atoms with Crippen molar-refractivity contribution >= 4 is 30.9 Å². The van der Waals surface area contributed by atoms with Gasteiger partial charge in [0.25, 0.3) is 0 Å². The van der Waals surface area contributed by atoms with Crippen LogP contribution in [0.5, 0.6) is 0 Å². The van der Waals surface area contributed by atoms with E-state index in [2.05, 4.69) is 0 Å². The lowest BCUT2D eigenvalue weighted by molar-refractivity contribution is 0.375. The molecule has 0 aliphatic heterocycles. The number of rotatable bonds is 5. The zero-order valence-corrected chi connectivity index (χ0v) is 24.0. The maximum Gasteiger partial charge on any atom is 0.219 e. The summed E-state index contributed by atoms with van der Waals surface area (Å²) < 4.78 is 229. The molecule has 0 saturated carbocycles. The molecule has 0 N–H and O–H groups in total. The number of halogens is 15. The molecule has 3 aromatic carbocycles. The van der Waals surface area contributed by atoms with Crippen LogP contribution in [0.3, 0.4) is 0 Å². The third kappa shape index (κ3) is 5.23. The largest absolute Gasteiger partial charge is 0.556 e. The fourth-order valence-corrected chi connectivity index (χ4v) is 8.29. The smallest absolute Gasteiger partial charge is 0.219 e. The van der Waals surface area contributed by atoms with E-state index in [1.165, 1.54) is 41.5 Å². The van der Waals surface area contributed by atoms with E-state index in [0.717, 1.165) is 0 Å². The van der Waals surface area contributed by atoms with Gasteiger partial charge in [0.1, 0.15) is 34.9 Å². The third-order valence-electron chi connectivity index (χ3n) is 6.43. The van der Waals surface area contributed by atoms with Crippen LogP contribution in [0.15, 0.2) is 0 Å². The highest BCUT2D eigenvalue weighted by Gasteiger charge is 2.52. The molecule has 0 amide bonds. The van der Waals surface area contributed by atoms with Crippen molar-refractivity contribution in [3.63, 3.8) is 0 Å². The van der Waals surface area contributed by atoms with Gasteiger partial charge in [0.05, 0.1) is 0 Å². The van der Waals surface area contributed by atoms with Gasteiger partial charge in [0.2, 0.25) is 6.35 Å². The first-order valence-corrected chi connectivity index (χ1v) is 13.3. The fraction of sp³-hybridized carbons (Fsp3) is 0.308. The molecular weight excluding hydrogens is 655 g/mol. The Morgan fingerprint density at radius 2 is 0.500 bits per heavy atom. The summed E-state index contributed by atoms with van der Waals surface area (Å²) in [4.78, 5) is 0. The summed E-state index contributed by atoms with van der Waals surface area (Å²) in [5.74, 6) is -46.1. The van der Waals surface area contributed by atoms with Gasteiger partial charge in [-0.05, 0) is 8.15 Å². The van der Waals surface area contributed by atoms with Crippen LogP contribution >= 0.6 is 8.15 Å². The van der Waals surface area contributed by atoms with Gasteiger partial charge in [-0.15, -0.1) is 0 Å². The van der Waals surface area contributed by atoms with Gasteiger partial charge >= 0.3 is 0 Å². The number of hydrogen-bond donors (Lipinski definition) is 0. The maximum atomic E-state index is 15.6. The molecule has 0 atom stereocenters. The molecule has 0 bridgehead atoms. The Morgan fingerprint density at radius 1 is 0.341 bits per heavy atom. The molecule has 0 unspecified atom stereocenters. The van der Waals surface area contributed by atoms with Gasteiger partial charge in [-0.1, -0.05) is 57.9 Å². The Morgan fingerprint density at radius 3 is 0.659 bits per heavy atom. The summed E-state index contributed by atoms with van der Waals surface area (Å²) in [6, 6.07) is 0. The second kappa shape index (κ2) is 11.5. The number of benzene rings is 3. The van der Waals surface area contributed by atoms with Crippen molar-refractivity contribution < 1.29 is 70.3 Å². The minimum Gasteiger partial charge on any atom is -0.556 e. The molecule has 44 heavy (non-hydrogen) atoms. The summed E-state index contributed by atoms with van der Waals surface area (Å²) >= 11 is 0. The fourth-order valence-electron chi connectivity index (χ4n) is 5.01. The lowest BCUT2D eigenvalue weighted by atomic mass is 9.28. The van der Waals surface area contributed by atoms with E-state index in [9.17, 15) is 39.5 Å². The minimum atomic E-state index is -6.07. The second-order valence-corrected chi connectivity index (χ2v) is 15.0. The van der Waals surface area contributed by atoms with Crippen LogP contribution in [-0.4, -0.2) is 16.7 Å². The average molecular weight is 673 g/mol. The van der Waals surface area contributed by atoms with E-state index in [1.807, 2.05) is 0 Å².